The minimum Gasteiger partial charge on any atom is -0.493 e. The molecule has 0 bridgehead atoms. The maximum atomic E-state index is 6.08. The quantitative estimate of drug-likeness (QED) is 0.0799. The smallest absolute Gasteiger partial charge is 0.123 e. The molecule has 0 spiro atoms. The summed E-state index contributed by atoms with van der Waals surface area (Å²) in [6.45, 7) is 8.37. The van der Waals surface area contributed by atoms with Crippen LogP contribution in [0.4, 0.5) is 0 Å². The van der Waals surface area contributed by atoms with Gasteiger partial charge in [0, 0.05) is 6.07 Å². The molecular formula is C39H72O2. The molecule has 0 heterocycles. The summed E-state index contributed by atoms with van der Waals surface area (Å²) in [6.07, 6.45) is 38.9. The van der Waals surface area contributed by atoms with Crippen LogP contribution < -0.4 is 9.47 Å². The Morgan fingerprint density at radius 3 is 0.854 bits per heavy atom. The lowest BCUT2D eigenvalue weighted by Crippen LogP contribution is -2.00. The van der Waals surface area contributed by atoms with Gasteiger partial charge >= 0.3 is 0 Å². The zero-order valence-corrected chi connectivity index (χ0v) is 28.3. The number of rotatable bonds is 32. The maximum absolute atomic E-state index is 6.08. The van der Waals surface area contributed by atoms with Crippen molar-refractivity contribution in [3.05, 3.63) is 23.8 Å². The molecule has 0 radical (unpaired) electrons. The van der Waals surface area contributed by atoms with Crippen LogP contribution in [0.3, 0.4) is 0 Å². The molecule has 0 amide bonds. The summed E-state index contributed by atoms with van der Waals surface area (Å²) in [7, 11) is 0. The Hall–Kier alpha value is -1.18. The van der Waals surface area contributed by atoms with E-state index in [1.54, 1.807) is 0 Å². The first-order valence-electron chi connectivity index (χ1n) is 18.6. The summed E-state index contributed by atoms with van der Waals surface area (Å²) in [5.74, 6) is 1.94. The number of aryl methyl sites for hydroxylation is 1. The van der Waals surface area contributed by atoms with Crippen molar-refractivity contribution in [2.24, 2.45) is 0 Å². The van der Waals surface area contributed by atoms with Gasteiger partial charge in [-0.1, -0.05) is 181 Å². The van der Waals surface area contributed by atoms with Gasteiger partial charge in [0.15, 0.2) is 0 Å². The van der Waals surface area contributed by atoms with E-state index < -0.39 is 0 Å². The van der Waals surface area contributed by atoms with Crippen LogP contribution in [0.1, 0.15) is 199 Å². The molecule has 0 atom stereocenters. The number of ether oxygens (including phenoxy) is 2. The third kappa shape index (κ3) is 26.2. The first kappa shape index (κ1) is 37.8. The van der Waals surface area contributed by atoms with Gasteiger partial charge in [0.05, 0.1) is 13.2 Å². The van der Waals surface area contributed by atoms with Crippen LogP contribution in [0.2, 0.25) is 0 Å². The van der Waals surface area contributed by atoms with Gasteiger partial charge < -0.3 is 9.47 Å². The molecule has 0 N–H and O–H groups in total. The standard InChI is InChI=1S/C39H72O2/c1-4-6-8-10-12-14-16-18-20-22-24-26-28-30-32-40-38-34-37(3)35-39(36-38)41-33-31-29-27-25-23-21-19-17-15-13-11-9-7-5-2/h34-36H,4-33H2,1-3H3. The van der Waals surface area contributed by atoms with Crippen LogP contribution in [0.5, 0.6) is 11.5 Å². The summed E-state index contributed by atoms with van der Waals surface area (Å²) in [6, 6.07) is 6.37. The molecule has 0 fully saturated rings. The van der Waals surface area contributed by atoms with E-state index in [0.717, 1.165) is 37.6 Å². The minimum atomic E-state index is 0.819. The fourth-order valence-corrected chi connectivity index (χ4v) is 5.85. The summed E-state index contributed by atoms with van der Waals surface area (Å²) < 4.78 is 12.2. The number of hydrogen-bond donors (Lipinski definition) is 0. The van der Waals surface area contributed by atoms with Gasteiger partial charge in [0.2, 0.25) is 0 Å². The fraction of sp³-hybridized carbons (Fsp3) is 0.846. The van der Waals surface area contributed by atoms with Crippen LogP contribution in [0, 0.1) is 6.92 Å². The highest BCUT2D eigenvalue weighted by Crippen LogP contribution is 2.23. The third-order valence-electron chi connectivity index (χ3n) is 8.56. The van der Waals surface area contributed by atoms with Crippen molar-refractivity contribution in [1.82, 2.24) is 0 Å². The molecule has 41 heavy (non-hydrogen) atoms. The van der Waals surface area contributed by atoms with E-state index in [1.165, 1.54) is 173 Å². The van der Waals surface area contributed by atoms with Crippen molar-refractivity contribution in [2.75, 3.05) is 13.2 Å². The van der Waals surface area contributed by atoms with Gasteiger partial charge in [-0.05, 0) is 37.5 Å². The summed E-state index contributed by atoms with van der Waals surface area (Å²) in [4.78, 5) is 0. The van der Waals surface area contributed by atoms with Crippen LogP contribution in [0.15, 0.2) is 18.2 Å². The molecule has 0 saturated carbocycles. The van der Waals surface area contributed by atoms with E-state index in [4.69, 9.17) is 9.47 Å². The average molecular weight is 573 g/mol. The van der Waals surface area contributed by atoms with E-state index in [0.29, 0.717) is 0 Å². The Labute approximate surface area is 258 Å². The molecule has 0 unspecified atom stereocenters. The Morgan fingerprint density at radius 1 is 0.341 bits per heavy atom. The Bertz CT molecular complexity index is 603. The van der Waals surface area contributed by atoms with Crippen LogP contribution >= 0.6 is 0 Å². The lowest BCUT2D eigenvalue weighted by molar-refractivity contribution is 0.289. The van der Waals surface area contributed by atoms with E-state index >= 15 is 0 Å². The number of hydrogen-bond acceptors (Lipinski definition) is 2. The van der Waals surface area contributed by atoms with Crippen molar-refractivity contribution in [3.8, 4) is 11.5 Å². The van der Waals surface area contributed by atoms with Gasteiger partial charge in [-0.2, -0.15) is 0 Å². The van der Waals surface area contributed by atoms with E-state index in [9.17, 15) is 0 Å². The topological polar surface area (TPSA) is 18.5 Å². The minimum absolute atomic E-state index is 0.819. The molecule has 1 aromatic carbocycles. The molecule has 1 rings (SSSR count). The largest absolute Gasteiger partial charge is 0.493 e. The van der Waals surface area contributed by atoms with Crippen LogP contribution in [0.25, 0.3) is 0 Å². The van der Waals surface area contributed by atoms with Crippen molar-refractivity contribution in [3.63, 3.8) is 0 Å². The van der Waals surface area contributed by atoms with Crippen LogP contribution in [-0.2, 0) is 0 Å². The predicted molar refractivity (Wildman–Crippen MR) is 183 cm³/mol. The number of unbranched alkanes of at least 4 members (excludes halogenated alkanes) is 26. The molecule has 2 nitrogen and oxygen atoms in total. The summed E-state index contributed by atoms with van der Waals surface area (Å²) >= 11 is 0. The highest BCUT2D eigenvalue weighted by Gasteiger charge is 2.02. The first-order chi connectivity index (χ1) is 20.3. The molecule has 0 aliphatic rings. The highest BCUT2D eigenvalue weighted by molar-refractivity contribution is 5.37. The van der Waals surface area contributed by atoms with Crippen molar-refractivity contribution in [2.45, 2.75) is 201 Å². The molecule has 2 heteroatoms. The van der Waals surface area contributed by atoms with Gasteiger partial charge in [-0.25, -0.2) is 0 Å². The molecule has 240 valence electrons. The zero-order valence-electron chi connectivity index (χ0n) is 28.3. The molecule has 1 aromatic rings. The second kappa shape index (κ2) is 30.3. The maximum Gasteiger partial charge on any atom is 0.123 e. The SMILES string of the molecule is CCCCCCCCCCCCCCCCOc1cc(C)cc(OCCCCCCCCCCCCCCCC)c1. The highest BCUT2D eigenvalue weighted by atomic mass is 16.5. The zero-order chi connectivity index (χ0) is 29.5. The van der Waals surface area contributed by atoms with Crippen molar-refractivity contribution < 1.29 is 9.47 Å². The van der Waals surface area contributed by atoms with Crippen molar-refractivity contribution in [1.29, 1.82) is 0 Å². The Kier molecular flexibility index (Phi) is 28.0. The second-order valence-corrected chi connectivity index (χ2v) is 12.9. The lowest BCUT2D eigenvalue weighted by Gasteiger charge is -2.11. The van der Waals surface area contributed by atoms with Gasteiger partial charge in [0.25, 0.3) is 0 Å². The molecule has 0 aliphatic carbocycles. The third-order valence-corrected chi connectivity index (χ3v) is 8.56. The lowest BCUT2D eigenvalue weighted by atomic mass is 10.0. The molecule has 0 aromatic heterocycles. The van der Waals surface area contributed by atoms with Gasteiger partial charge in [-0.15, -0.1) is 0 Å². The van der Waals surface area contributed by atoms with E-state index in [1.807, 2.05) is 0 Å². The predicted octanol–water partition coefficient (Wildman–Crippen LogP) is 13.7. The van der Waals surface area contributed by atoms with Crippen LogP contribution in [-0.4, -0.2) is 13.2 Å². The molecule has 0 saturated heterocycles. The van der Waals surface area contributed by atoms with E-state index in [-0.39, 0.29) is 0 Å². The Balaban J connectivity index is 1.93. The normalized spacial score (nSPS) is 11.3. The monoisotopic (exact) mass is 573 g/mol. The average Bonchev–Trinajstić information content (AvgIpc) is 2.97. The van der Waals surface area contributed by atoms with E-state index in [2.05, 4.69) is 39.0 Å². The Morgan fingerprint density at radius 2 is 0.585 bits per heavy atom. The van der Waals surface area contributed by atoms with Gasteiger partial charge in [-0.3, -0.25) is 0 Å². The second-order valence-electron chi connectivity index (χ2n) is 12.9. The van der Waals surface area contributed by atoms with Gasteiger partial charge in [0.1, 0.15) is 11.5 Å². The summed E-state index contributed by atoms with van der Waals surface area (Å²) in [5.41, 5.74) is 1.22. The first-order valence-corrected chi connectivity index (χ1v) is 18.6. The summed E-state index contributed by atoms with van der Waals surface area (Å²) in [5, 5.41) is 0. The fourth-order valence-electron chi connectivity index (χ4n) is 5.85. The molecular weight excluding hydrogens is 500 g/mol. The molecule has 0 aliphatic heterocycles. The van der Waals surface area contributed by atoms with Crippen molar-refractivity contribution >= 4 is 0 Å². The number of benzene rings is 1.